The monoisotopic (exact) mass is 207 g/mol. The molecule has 2 heteroatoms. The van der Waals surface area contributed by atoms with E-state index in [4.69, 9.17) is 9.47 Å². The molecule has 0 saturated heterocycles. The molecule has 0 spiro atoms. The molecule has 0 aliphatic heterocycles. The number of hydrogen-bond acceptors (Lipinski definition) is 2. The van der Waals surface area contributed by atoms with E-state index >= 15 is 0 Å². The summed E-state index contributed by atoms with van der Waals surface area (Å²) in [5.74, 6) is 0.811. The molecule has 0 aliphatic carbocycles. The Morgan fingerprint density at radius 3 is 2.73 bits per heavy atom. The van der Waals surface area contributed by atoms with Crippen molar-refractivity contribution in [1.82, 2.24) is 0 Å². The summed E-state index contributed by atoms with van der Waals surface area (Å²) in [7, 11) is 0. The molecule has 0 heterocycles. The predicted molar refractivity (Wildman–Crippen MR) is 61.1 cm³/mol. The van der Waals surface area contributed by atoms with E-state index in [9.17, 15) is 0 Å². The van der Waals surface area contributed by atoms with Gasteiger partial charge in [0, 0.05) is 25.7 Å². The molecular formula is C13H19O2. The number of unbranched alkanes of at least 4 members (excludes halogenated alkanes) is 1. The lowest BCUT2D eigenvalue weighted by atomic mass is 10.3. The van der Waals surface area contributed by atoms with Gasteiger partial charge in [-0.05, 0) is 12.5 Å². The molecule has 0 bridgehead atoms. The minimum absolute atomic E-state index is 0.701. The van der Waals surface area contributed by atoms with Crippen molar-refractivity contribution in [1.29, 1.82) is 0 Å². The lowest BCUT2D eigenvalue weighted by molar-refractivity contribution is 0.117. The van der Waals surface area contributed by atoms with Crippen LogP contribution in [-0.2, 0) is 4.74 Å². The van der Waals surface area contributed by atoms with Gasteiger partial charge < -0.3 is 9.47 Å². The SMILES string of the molecule is CCCCOCCCOc1[c]cccc1. The van der Waals surface area contributed by atoms with Crippen molar-refractivity contribution in [3.63, 3.8) is 0 Å². The van der Waals surface area contributed by atoms with E-state index in [1.807, 2.05) is 24.3 Å². The third-order valence-corrected chi connectivity index (χ3v) is 2.01. The van der Waals surface area contributed by atoms with Gasteiger partial charge in [-0.3, -0.25) is 0 Å². The van der Waals surface area contributed by atoms with Crippen molar-refractivity contribution in [3.8, 4) is 5.75 Å². The number of benzene rings is 1. The average molecular weight is 207 g/mol. The van der Waals surface area contributed by atoms with Crippen LogP contribution in [0, 0.1) is 6.07 Å². The topological polar surface area (TPSA) is 18.5 Å². The maximum atomic E-state index is 5.48. The molecule has 0 amide bonds. The van der Waals surface area contributed by atoms with E-state index in [0.29, 0.717) is 6.61 Å². The Morgan fingerprint density at radius 2 is 2.00 bits per heavy atom. The normalized spacial score (nSPS) is 10.2. The molecule has 0 atom stereocenters. The fourth-order valence-corrected chi connectivity index (χ4v) is 1.16. The summed E-state index contributed by atoms with van der Waals surface area (Å²) in [4.78, 5) is 0. The van der Waals surface area contributed by atoms with Crippen LogP contribution in [0.15, 0.2) is 24.3 Å². The van der Waals surface area contributed by atoms with Crippen LogP contribution < -0.4 is 4.74 Å². The third kappa shape index (κ3) is 6.13. The third-order valence-electron chi connectivity index (χ3n) is 2.01. The van der Waals surface area contributed by atoms with Gasteiger partial charge in [-0.1, -0.05) is 31.5 Å². The first-order valence-electron chi connectivity index (χ1n) is 5.60. The fraction of sp³-hybridized carbons (Fsp3) is 0.538. The zero-order valence-corrected chi connectivity index (χ0v) is 9.37. The van der Waals surface area contributed by atoms with Crippen LogP contribution in [0.3, 0.4) is 0 Å². The molecular weight excluding hydrogens is 188 g/mol. The molecule has 1 aromatic rings. The molecule has 1 radical (unpaired) electrons. The van der Waals surface area contributed by atoms with Gasteiger partial charge in [0.25, 0.3) is 0 Å². The Labute approximate surface area is 92.2 Å². The highest BCUT2D eigenvalue weighted by atomic mass is 16.5. The van der Waals surface area contributed by atoms with Gasteiger partial charge in [0.05, 0.1) is 6.61 Å². The molecule has 0 unspecified atom stereocenters. The van der Waals surface area contributed by atoms with E-state index in [2.05, 4.69) is 13.0 Å². The van der Waals surface area contributed by atoms with Crippen LogP contribution in [0.4, 0.5) is 0 Å². The lowest BCUT2D eigenvalue weighted by Crippen LogP contribution is -2.03. The summed E-state index contributed by atoms with van der Waals surface area (Å²) in [6.45, 7) is 4.52. The summed E-state index contributed by atoms with van der Waals surface area (Å²) in [5.41, 5.74) is 0. The summed E-state index contributed by atoms with van der Waals surface area (Å²) < 4.78 is 10.9. The summed E-state index contributed by atoms with van der Waals surface area (Å²) in [6.07, 6.45) is 3.27. The summed E-state index contributed by atoms with van der Waals surface area (Å²) in [6, 6.07) is 10.7. The summed E-state index contributed by atoms with van der Waals surface area (Å²) >= 11 is 0. The molecule has 0 aliphatic rings. The second-order valence-corrected chi connectivity index (χ2v) is 3.39. The zero-order valence-electron chi connectivity index (χ0n) is 9.37. The van der Waals surface area contributed by atoms with Gasteiger partial charge >= 0.3 is 0 Å². The van der Waals surface area contributed by atoms with E-state index in [1.54, 1.807) is 0 Å². The van der Waals surface area contributed by atoms with Crippen molar-refractivity contribution in [3.05, 3.63) is 30.3 Å². The smallest absolute Gasteiger partial charge is 0.127 e. The van der Waals surface area contributed by atoms with Gasteiger partial charge in [-0.25, -0.2) is 0 Å². The predicted octanol–water partition coefficient (Wildman–Crippen LogP) is 3.07. The van der Waals surface area contributed by atoms with Crippen LogP contribution in [0.25, 0.3) is 0 Å². The number of rotatable bonds is 8. The molecule has 15 heavy (non-hydrogen) atoms. The quantitative estimate of drug-likeness (QED) is 0.610. The number of para-hydroxylation sites is 1. The highest BCUT2D eigenvalue weighted by Gasteiger charge is 1.92. The van der Waals surface area contributed by atoms with Crippen molar-refractivity contribution in [2.24, 2.45) is 0 Å². The molecule has 83 valence electrons. The molecule has 0 saturated carbocycles. The van der Waals surface area contributed by atoms with Crippen LogP contribution >= 0.6 is 0 Å². The number of hydrogen-bond donors (Lipinski definition) is 0. The largest absolute Gasteiger partial charge is 0.493 e. The van der Waals surface area contributed by atoms with Crippen molar-refractivity contribution in [2.45, 2.75) is 26.2 Å². The number of ether oxygens (including phenoxy) is 2. The standard InChI is InChI=1S/C13H19O2/c1-2-3-10-14-11-7-12-15-13-8-5-4-6-9-13/h4-6,8H,2-3,7,10-12H2,1H3. The Bertz CT molecular complexity index is 234. The molecule has 0 aromatic heterocycles. The molecule has 1 aromatic carbocycles. The first-order chi connectivity index (χ1) is 7.43. The Balaban J connectivity index is 1.93. The maximum absolute atomic E-state index is 5.48. The van der Waals surface area contributed by atoms with Crippen LogP contribution in [0.2, 0.25) is 0 Å². The first kappa shape index (κ1) is 12.1. The van der Waals surface area contributed by atoms with Crippen LogP contribution in [-0.4, -0.2) is 19.8 Å². The van der Waals surface area contributed by atoms with Crippen LogP contribution in [0.5, 0.6) is 5.75 Å². The van der Waals surface area contributed by atoms with Gasteiger partial charge in [-0.15, -0.1) is 0 Å². The van der Waals surface area contributed by atoms with E-state index in [0.717, 1.165) is 31.8 Å². The van der Waals surface area contributed by atoms with Crippen LogP contribution in [0.1, 0.15) is 26.2 Å². The first-order valence-corrected chi connectivity index (χ1v) is 5.60. The highest BCUT2D eigenvalue weighted by Crippen LogP contribution is 2.07. The van der Waals surface area contributed by atoms with Gasteiger partial charge in [0.1, 0.15) is 5.75 Å². The lowest BCUT2D eigenvalue weighted by Gasteiger charge is -2.05. The average Bonchev–Trinajstić information content (AvgIpc) is 2.29. The van der Waals surface area contributed by atoms with Crippen molar-refractivity contribution >= 4 is 0 Å². The zero-order chi connectivity index (χ0) is 10.8. The Kier molecular flexibility index (Phi) is 6.67. The highest BCUT2D eigenvalue weighted by molar-refractivity contribution is 5.19. The van der Waals surface area contributed by atoms with Gasteiger partial charge in [0.15, 0.2) is 0 Å². The summed E-state index contributed by atoms with van der Waals surface area (Å²) in [5, 5.41) is 0. The molecule has 0 N–H and O–H groups in total. The van der Waals surface area contributed by atoms with E-state index < -0.39 is 0 Å². The molecule has 0 fully saturated rings. The van der Waals surface area contributed by atoms with E-state index in [-0.39, 0.29) is 0 Å². The Morgan fingerprint density at radius 1 is 1.13 bits per heavy atom. The second-order valence-electron chi connectivity index (χ2n) is 3.39. The Hall–Kier alpha value is -1.02. The van der Waals surface area contributed by atoms with Crippen molar-refractivity contribution < 1.29 is 9.47 Å². The van der Waals surface area contributed by atoms with Gasteiger partial charge in [-0.2, -0.15) is 0 Å². The molecule has 2 nitrogen and oxygen atoms in total. The fourth-order valence-electron chi connectivity index (χ4n) is 1.16. The maximum Gasteiger partial charge on any atom is 0.127 e. The van der Waals surface area contributed by atoms with Crippen molar-refractivity contribution in [2.75, 3.05) is 19.8 Å². The second kappa shape index (κ2) is 8.30. The minimum Gasteiger partial charge on any atom is -0.493 e. The van der Waals surface area contributed by atoms with E-state index in [1.165, 1.54) is 6.42 Å². The minimum atomic E-state index is 0.701. The van der Waals surface area contributed by atoms with Gasteiger partial charge in [0.2, 0.25) is 0 Å². The molecule has 1 rings (SSSR count).